The number of anilines is 1. The predicted molar refractivity (Wildman–Crippen MR) is 98.4 cm³/mol. The zero-order valence-corrected chi connectivity index (χ0v) is 15.9. The Hall–Kier alpha value is -1.99. The molecule has 0 radical (unpaired) electrons. The number of sulfone groups is 1. The van der Waals surface area contributed by atoms with Crippen molar-refractivity contribution in [1.82, 2.24) is 0 Å². The minimum atomic E-state index is -3.28. The van der Waals surface area contributed by atoms with Gasteiger partial charge in [-0.15, -0.1) is 0 Å². The highest BCUT2D eigenvalue weighted by Crippen LogP contribution is 2.33. The Labute approximate surface area is 154 Å². The number of amides is 1. The van der Waals surface area contributed by atoms with E-state index >= 15 is 0 Å². The molecule has 0 aliphatic heterocycles. The third kappa shape index (κ3) is 3.99. The molecule has 0 aromatic heterocycles. The molecule has 1 aliphatic carbocycles. The van der Waals surface area contributed by atoms with Crippen LogP contribution < -0.4 is 5.32 Å². The third-order valence-electron chi connectivity index (χ3n) is 4.17. The molecule has 0 spiro atoms. The highest BCUT2D eigenvalue weighted by atomic mass is 79.9. The lowest BCUT2D eigenvalue weighted by Crippen LogP contribution is -2.28. The highest BCUT2D eigenvalue weighted by Gasteiger charge is 2.30. The molecule has 1 atom stereocenters. The molecular formula is C18H16BrNO4S. The lowest BCUT2D eigenvalue weighted by molar-refractivity contribution is -0.124. The van der Waals surface area contributed by atoms with Crippen LogP contribution in [-0.4, -0.2) is 26.4 Å². The van der Waals surface area contributed by atoms with Gasteiger partial charge in [0.15, 0.2) is 9.84 Å². The van der Waals surface area contributed by atoms with E-state index in [-0.39, 0.29) is 23.0 Å². The summed E-state index contributed by atoms with van der Waals surface area (Å²) in [7, 11) is -3.28. The van der Waals surface area contributed by atoms with Crippen LogP contribution in [0.25, 0.3) is 0 Å². The monoisotopic (exact) mass is 421 g/mol. The van der Waals surface area contributed by atoms with Gasteiger partial charge in [-0.25, -0.2) is 8.42 Å². The Morgan fingerprint density at radius 2 is 1.84 bits per heavy atom. The van der Waals surface area contributed by atoms with Gasteiger partial charge in [-0.2, -0.15) is 0 Å². The molecule has 2 aromatic rings. The van der Waals surface area contributed by atoms with E-state index in [2.05, 4.69) is 21.2 Å². The van der Waals surface area contributed by atoms with Crippen molar-refractivity contribution in [2.24, 2.45) is 0 Å². The molecule has 3 rings (SSSR count). The van der Waals surface area contributed by atoms with Crippen LogP contribution in [0.15, 0.2) is 51.8 Å². The minimum absolute atomic E-state index is 0.0300. The number of hydrogen-bond donors (Lipinski definition) is 1. The van der Waals surface area contributed by atoms with Crippen molar-refractivity contribution in [1.29, 1.82) is 0 Å². The molecule has 5 nitrogen and oxygen atoms in total. The number of Topliss-reactive ketones (excluding diaryl/α,β-unsaturated/α-hetero) is 1. The molecule has 0 saturated heterocycles. The largest absolute Gasteiger partial charge is 0.326 e. The summed E-state index contributed by atoms with van der Waals surface area (Å²) in [4.78, 5) is 24.8. The van der Waals surface area contributed by atoms with Crippen LogP contribution >= 0.6 is 15.9 Å². The van der Waals surface area contributed by atoms with E-state index in [0.717, 1.165) is 21.9 Å². The molecule has 7 heteroatoms. The summed E-state index contributed by atoms with van der Waals surface area (Å²) in [6.07, 6.45) is 1.63. The fraction of sp³-hybridized carbons (Fsp3) is 0.222. The predicted octanol–water partition coefficient (Wildman–Crippen LogP) is 3.09. The molecule has 0 saturated carbocycles. The number of ketones is 1. The minimum Gasteiger partial charge on any atom is -0.326 e. The Balaban J connectivity index is 1.84. The molecule has 1 N–H and O–H groups in total. The lowest BCUT2D eigenvalue weighted by atomic mass is 9.81. The van der Waals surface area contributed by atoms with Crippen molar-refractivity contribution in [3.8, 4) is 0 Å². The van der Waals surface area contributed by atoms with E-state index in [1.807, 2.05) is 18.2 Å². The Morgan fingerprint density at radius 1 is 1.16 bits per heavy atom. The van der Waals surface area contributed by atoms with E-state index in [4.69, 9.17) is 0 Å². The third-order valence-corrected chi connectivity index (χ3v) is 5.79. The smallest absolute Gasteiger partial charge is 0.232 e. The highest BCUT2D eigenvalue weighted by molar-refractivity contribution is 9.10. The van der Waals surface area contributed by atoms with Gasteiger partial charge >= 0.3 is 0 Å². The van der Waals surface area contributed by atoms with Crippen molar-refractivity contribution < 1.29 is 18.0 Å². The second-order valence-corrected chi connectivity index (χ2v) is 9.03. The SMILES string of the molecule is CS(=O)(=O)c1ccc(NC(=O)C2CC(=O)Cc3ccc(Br)cc32)cc1. The standard InChI is InChI=1S/C18H16BrNO4S/c1-25(23,24)15-6-4-13(5-7-15)20-18(22)17-10-14(21)8-11-2-3-12(19)9-16(11)17/h2-7,9,17H,8,10H2,1H3,(H,20,22). The molecule has 1 amide bonds. The number of nitrogens with one attached hydrogen (secondary N) is 1. The molecule has 0 heterocycles. The van der Waals surface area contributed by atoms with Crippen LogP contribution in [0.1, 0.15) is 23.5 Å². The van der Waals surface area contributed by atoms with E-state index in [9.17, 15) is 18.0 Å². The van der Waals surface area contributed by atoms with Gasteiger partial charge in [0.2, 0.25) is 5.91 Å². The van der Waals surface area contributed by atoms with Crippen molar-refractivity contribution in [2.75, 3.05) is 11.6 Å². The molecule has 2 aromatic carbocycles. The van der Waals surface area contributed by atoms with Gasteiger partial charge < -0.3 is 5.32 Å². The molecule has 0 bridgehead atoms. The number of benzene rings is 2. The molecule has 1 unspecified atom stereocenters. The van der Waals surface area contributed by atoms with Gasteiger partial charge in [-0.3, -0.25) is 9.59 Å². The van der Waals surface area contributed by atoms with E-state index in [1.54, 1.807) is 12.1 Å². The lowest BCUT2D eigenvalue weighted by Gasteiger charge is -2.24. The quantitative estimate of drug-likeness (QED) is 0.825. The van der Waals surface area contributed by atoms with Gasteiger partial charge in [0.25, 0.3) is 0 Å². The number of hydrogen-bond acceptors (Lipinski definition) is 4. The second kappa shape index (κ2) is 6.72. The average Bonchev–Trinajstić information content (AvgIpc) is 2.54. The van der Waals surface area contributed by atoms with Crippen LogP contribution in [0.4, 0.5) is 5.69 Å². The average molecular weight is 422 g/mol. The maximum absolute atomic E-state index is 12.7. The van der Waals surface area contributed by atoms with Gasteiger partial charge in [-0.05, 0) is 47.5 Å². The zero-order valence-electron chi connectivity index (χ0n) is 13.5. The summed E-state index contributed by atoms with van der Waals surface area (Å²) in [5.41, 5.74) is 2.21. The first-order valence-electron chi connectivity index (χ1n) is 7.65. The van der Waals surface area contributed by atoms with Crippen LogP contribution in [0.3, 0.4) is 0 Å². The molecule has 130 valence electrons. The first-order chi connectivity index (χ1) is 11.7. The van der Waals surface area contributed by atoms with E-state index in [1.165, 1.54) is 12.1 Å². The number of rotatable bonds is 3. The second-order valence-electron chi connectivity index (χ2n) is 6.10. The Bertz CT molecular complexity index is 952. The van der Waals surface area contributed by atoms with Crippen LogP contribution in [0.5, 0.6) is 0 Å². The van der Waals surface area contributed by atoms with Gasteiger partial charge in [0.1, 0.15) is 5.78 Å². The Morgan fingerprint density at radius 3 is 2.48 bits per heavy atom. The molecular weight excluding hydrogens is 406 g/mol. The number of carbonyl (C=O) groups excluding carboxylic acids is 2. The van der Waals surface area contributed by atoms with Gasteiger partial charge in [-0.1, -0.05) is 22.0 Å². The van der Waals surface area contributed by atoms with Gasteiger partial charge in [0.05, 0.1) is 10.8 Å². The summed E-state index contributed by atoms with van der Waals surface area (Å²) in [6, 6.07) is 11.6. The maximum atomic E-state index is 12.7. The van der Waals surface area contributed by atoms with Crippen molar-refractivity contribution in [3.05, 3.63) is 58.1 Å². The molecule has 0 fully saturated rings. The fourth-order valence-corrected chi connectivity index (χ4v) is 3.93. The van der Waals surface area contributed by atoms with Crippen LogP contribution in [-0.2, 0) is 25.8 Å². The number of carbonyl (C=O) groups is 2. The zero-order chi connectivity index (χ0) is 18.2. The first-order valence-corrected chi connectivity index (χ1v) is 10.3. The molecule has 25 heavy (non-hydrogen) atoms. The van der Waals surface area contributed by atoms with Crippen molar-refractivity contribution >= 4 is 43.1 Å². The van der Waals surface area contributed by atoms with Crippen LogP contribution in [0, 0.1) is 0 Å². The summed E-state index contributed by atoms with van der Waals surface area (Å²) in [5.74, 6) is -0.801. The summed E-state index contributed by atoms with van der Waals surface area (Å²) >= 11 is 3.40. The topological polar surface area (TPSA) is 80.3 Å². The first kappa shape index (κ1) is 17.8. The van der Waals surface area contributed by atoms with Gasteiger partial charge in [0, 0.05) is 29.3 Å². The summed E-state index contributed by atoms with van der Waals surface area (Å²) in [6.45, 7) is 0. The van der Waals surface area contributed by atoms with Crippen molar-refractivity contribution in [2.45, 2.75) is 23.7 Å². The Kier molecular flexibility index (Phi) is 4.79. The van der Waals surface area contributed by atoms with Crippen LogP contribution in [0.2, 0.25) is 0 Å². The van der Waals surface area contributed by atoms with Crippen molar-refractivity contribution in [3.63, 3.8) is 0 Å². The maximum Gasteiger partial charge on any atom is 0.232 e. The summed E-state index contributed by atoms with van der Waals surface area (Å²) in [5, 5.41) is 2.77. The van der Waals surface area contributed by atoms with E-state index < -0.39 is 15.8 Å². The molecule has 1 aliphatic rings. The van der Waals surface area contributed by atoms with E-state index in [0.29, 0.717) is 12.1 Å². The fourth-order valence-electron chi connectivity index (χ4n) is 2.92. The normalized spacial score (nSPS) is 17.0. The number of fused-ring (bicyclic) bond motifs is 1. The summed E-state index contributed by atoms with van der Waals surface area (Å²) < 4.78 is 23.8. The number of halogens is 1.